The summed E-state index contributed by atoms with van der Waals surface area (Å²) < 4.78 is 0. The highest BCUT2D eigenvalue weighted by molar-refractivity contribution is 5.66. The standard InChI is InChI=1S/C10H20N2O2/c11-9-4-3-7-12(8-9)6-2-1-5-10(13)14/h9H,1-8,11H2,(H,13,14)/t9-/m0/s1. The molecule has 0 unspecified atom stereocenters. The van der Waals surface area contributed by atoms with Crippen LogP contribution in [0.5, 0.6) is 0 Å². The maximum atomic E-state index is 10.3. The average Bonchev–Trinajstić information content (AvgIpc) is 2.12. The van der Waals surface area contributed by atoms with Crippen LogP contribution in [0.2, 0.25) is 0 Å². The number of piperidine rings is 1. The van der Waals surface area contributed by atoms with Crippen LogP contribution in [0.4, 0.5) is 0 Å². The number of carboxylic acid groups (broad SMARTS) is 1. The third kappa shape index (κ3) is 4.58. The molecule has 0 aliphatic carbocycles. The second-order valence-corrected chi connectivity index (χ2v) is 4.05. The second-order valence-electron chi connectivity index (χ2n) is 4.05. The molecule has 4 nitrogen and oxygen atoms in total. The molecular formula is C10H20N2O2. The first-order valence-corrected chi connectivity index (χ1v) is 5.38. The first-order chi connectivity index (χ1) is 6.68. The van der Waals surface area contributed by atoms with Crippen molar-refractivity contribution in [3.63, 3.8) is 0 Å². The monoisotopic (exact) mass is 200 g/mol. The number of aliphatic carboxylic acids is 1. The van der Waals surface area contributed by atoms with Gasteiger partial charge in [-0.25, -0.2) is 0 Å². The lowest BCUT2D eigenvalue weighted by Gasteiger charge is -2.30. The van der Waals surface area contributed by atoms with Crippen LogP contribution in [-0.2, 0) is 4.79 Å². The number of hydrogen-bond acceptors (Lipinski definition) is 3. The Morgan fingerprint density at radius 2 is 2.29 bits per heavy atom. The molecular weight excluding hydrogens is 180 g/mol. The van der Waals surface area contributed by atoms with E-state index in [1.54, 1.807) is 0 Å². The number of likely N-dealkylation sites (tertiary alicyclic amines) is 1. The molecule has 1 fully saturated rings. The van der Waals surface area contributed by atoms with E-state index in [-0.39, 0.29) is 0 Å². The molecule has 1 rings (SSSR count). The summed E-state index contributed by atoms with van der Waals surface area (Å²) in [5.41, 5.74) is 5.84. The number of unbranched alkanes of at least 4 members (excludes halogenated alkanes) is 1. The summed E-state index contributed by atoms with van der Waals surface area (Å²) >= 11 is 0. The molecule has 0 aromatic heterocycles. The van der Waals surface area contributed by atoms with Crippen molar-refractivity contribution in [3.8, 4) is 0 Å². The van der Waals surface area contributed by atoms with Gasteiger partial charge in [-0.3, -0.25) is 4.79 Å². The molecule has 14 heavy (non-hydrogen) atoms. The summed E-state index contributed by atoms with van der Waals surface area (Å²) in [5, 5.41) is 8.46. The fourth-order valence-corrected chi connectivity index (χ4v) is 1.91. The van der Waals surface area contributed by atoms with Crippen molar-refractivity contribution in [2.75, 3.05) is 19.6 Å². The number of carbonyl (C=O) groups is 1. The van der Waals surface area contributed by atoms with Gasteiger partial charge >= 0.3 is 5.97 Å². The van der Waals surface area contributed by atoms with Crippen molar-refractivity contribution >= 4 is 5.97 Å². The third-order valence-electron chi connectivity index (χ3n) is 2.66. The molecule has 3 N–H and O–H groups in total. The molecule has 0 aromatic carbocycles. The Hall–Kier alpha value is -0.610. The van der Waals surface area contributed by atoms with Crippen molar-refractivity contribution in [3.05, 3.63) is 0 Å². The maximum absolute atomic E-state index is 10.3. The van der Waals surface area contributed by atoms with Gasteiger partial charge < -0.3 is 15.7 Å². The van der Waals surface area contributed by atoms with E-state index in [0.717, 1.165) is 38.9 Å². The minimum atomic E-state index is -0.694. The molecule has 4 heteroatoms. The van der Waals surface area contributed by atoms with Crippen LogP contribution in [0.1, 0.15) is 32.1 Å². The van der Waals surface area contributed by atoms with Gasteiger partial charge in [-0.1, -0.05) is 0 Å². The lowest BCUT2D eigenvalue weighted by molar-refractivity contribution is -0.137. The van der Waals surface area contributed by atoms with Gasteiger partial charge in [-0.05, 0) is 38.8 Å². The molecule has 1 heterocycles. The van der Waals surface area contributed by atoms with Gasteiger partial charge in [-0.2, -0.15) is 0 Å². The molecule has 1 aliphatic heterocycles. The van der Waals surface area contributed by atoms with E-state index in [1.165, 1.54) is 6.42 Å². The summed E-state index contributed by atoms with van der Waals surface area (Å²) in [4.78, 5) is 12.6. The van der Waals surface area contributed by atoms with Gasteiger partial charge in [0.25, 0.3) is 0 Å². The molecule has 1 atom stereocenters. The molecule has 1 aliphatic rings. The van der Waals surface area contributed by atoms with E-state index in [0.29, 0.717) is 12.5 Å². The lowest BCUT2D eigenvalue weighted by Crippen LogP contribution is -2.43. The summed E-state index contributed by atoms with van der Waals surface area (Å²) in [6.45, 7) is 3.11. The molecule has 0 spiro atoms. The Labute approximate surface area is 85.1 Å². The van der Waals surface area contributed by atoms with E-state index in [2.05, 4.69) is 4.90 Å². The predicted molar refractivity (Wildman–Crippen MR) is 55.1 cm³/mol. The minimum Gasteiger partial charge on any atom is -0.481 e. The molecule has 0 aromatic rings. The van der Waals surface area contributed by atoms with Crippen molar-refractivity contribution in [1.82, 2.24) is 4.90 Å². The summed E-state index contributed by atoms with van der Waals surface area (Å²) in [6.07, 6.45) is 4.35. The molecule has 0 radical (unpaired) electrons. The van der Waals surface area contributed by atoms with Crippen LogP contribution in [0.15, 0.2) is 0 Å². The van der Waals surface area contributed by atoms with E-state index in [1.807, 2.05) is 0 Å². The number of rotatable bonds is 5. The van der Waals surface area contributed by atoms with Gasteiger partial charge in [0, 0.05) is 19.0 Å². The molecule has 1 saturated heterocycles. The zero-order valence-corrected chi connectivity index (χ0v) is 8.61. The molecule has 0 saturated carbocycles. The Kier molecular flexibility index (Phi) is 4.90. The summed E-state index contributed by atoms with van der Waals surface area (Å²) in [6, 6.07) is 0.322. The molecule has 0 bridgehead atoms. The number of nitrogens with two attached hydrogens (primary N) is 1. The van der Waals surface area contributed by atoms with Crippen molar-refractivity contribution < 1.29 is 9.90 Å². The highest BCUT2D eigenvalue weighted by atomic mass is 16.4. The van der Waals surface area contributed by atoms with Gasteiger partial charge in [0.1, 0.15) is 0 Å². The lowest BCUT2D eigenvalue weighted by atomic mass is 10.1. The van der Waals surface area contributed by atoms with Crippen molar-refractivity contribution in [2.45, 2.75) is 38.1 Å². The Morgan fingerprint density at radius 1 is 1.50 bits per heavy atom. The Bertz CT molecular complexity index is 185. The summed E-state index contributed by atoms with van der Waals surface area (Å²) in [7, 11) is 0. The van der Waals surface area contributed by atoms with Gasteiger partial charge in [0.2, 0.25) is 0 Å². The van der Waals surface area contributed by atoms with Crippen LogP contribution in [0, 0.1) is 0 Å². The quantitative estimate of drug-likeness (QED) is 0.640. The topological polar surface area (TPSA) is 66.6 Å². The molecule has 82 valence electrons. The van der Waals surface area contributed by atoms with E-state index < -0.39 is 5.97 Å². The van der Waals surface area contributed by atoms with Gasteiger partial charge in [0.15, 0.2) is 0 Å². The Balaban J connectivity index is 2.03. The van der Waals surface area contributed by atoms with Gasteiger partial charge in [0.05, 0.1) is 0 Å². The van der Waals surface area contributed by atoms with Crippen LogP contribution < -0.4 is 5.73 Å². The smallest absolute Gasteiger partial charge is 0.303 e. The van der Waals surface area contributed by atoms with Crippen LogP contribution >= 0.6 is 0 Å². The van der Waals surface area contributed by atoms with Gasteiger partial charge in [-0.15, -0.1) is 0 Å². The Morgan fingerprint density at radius 3 is 2.93 bits per heavy atom. The van der Waals surface area contributed by atoms with E-state index in [9.17, 15) is 4.79 Å². The van der Waals surface area contributed by atoms with E-state index >= 15 is 0 Å². The minimum absolute atomic E-state index is 0.292. The third-order valence-corrected chi connectivity index (χ3v) is 2.66. The fourth-order valence-electron chi connectivity index (χ4n) is 1.91. The van der Waals surface area contributed by atoms with Crippen LogP contribution in [0.25, 0.3) is 0 Å². The second kappa shape index (κ2) is 5.98. The predicted octanol–water partition coefficient (Wildman–Crippen LogP) is 0.664. The number of carboxylic acids is 1. The zero-order valence-electron chi connectivity index (χ0n) is 8.61. The average molecular weight is 200 g/mol. The maximum Gasteiger partial charge on any atom is 0.303 e. The highest BCUT2D eigenvalue weighted by Gasteiger charge is 2.15. The van der Waals surface area contributed by atoms with Crippen molar-refractivity contribution in [2.24, 2.45) is 5.73 Å². The normalized spacial score (nSPS) is 23.6. The number of hydrogen-bond donors (Lipinski definition) is 2. The largest absolute Gasteiger partial charge is 0.481 e. The first-order valence-electron chi connectivity index (χ1n) is 5.38. The van der Waals surface area contributed by atoms with Crippen LogP contribution in [0.3, 0.4) is 0 Å². The highest BCUT2D eigenvalue weighted by Crippen LogP contribution is 2.09. The zero-order chi connectivity index (χ0) is 10.4. The number of nitrogens with zero attached hydrogens (tertiary/aromatic N) is 1. The van der Waals surface area contributed by atoms with Crippen molar-refractivity contribution in [1.29, 1.82) is 0 Å². The van der Waals surface area contributed by atoms with E-state index in [4.69, 9.17) is 10.8 Å². The SMILES string of the molecule is N[C@H]1CCCN(CCCCC(=O)O)C1. The first kappa shape index (κ1) is 11.5. The van der Waals surface area contributed by atoms with Crippen LogP contribution in [-0.4, -0.2) is 41.7 Å². The fraction of sp³-hybridized carbons (Fsp3) is 0.900. The summed E-state index contributed by atoms with van der Waals surface area (Å²) in [5.74, 6) is -0.694. The molecule has 0 amide bonds.